The first-order valence-corrected chi connectivity index (χ1v) is 10.1. The van der Waals surface area contributed by atoms with Crippen molar-refractivity contribution in [2.24, 2.45) is 0 Å². The van der Waals surface area contributed by atoms with Crippen molar-refractivity contribution in [2.75, 3.05) is 32.7 Å². The maximum Gasteiger partial charge on any atom is 0.253 e. The molecule has 0 N–H and O–H groups in total. The molecule has 2 aromatic rings. The molecule has 0 radical (unpaired) electrons. The number of imide groups is 1. The van der Waals surface area contributed by atoms with Crippen LogP contribution in [0.3, 0.4) is 0 Å². The van der Waals surface area contributed by atoms with Gasteiger partial charge in [0.05, 0.1) is 12.5 Å². The number of piperazine rings is 1. The van der Waals surface area contributed by atoms with Crippen LogP contribution in [-0.4, -0.2) is 71.2 Å². The van der Waals surface area contributed by atoms with E-state index in [1.165, 1.54) is 4.90 Å². The predicted molar refractivity (Wildman–Crippen MR) is 109 cm³/mol. The Balaban J connectivity index is 1.32. The van der Waals surface area contributed by atoms with Crippen LogP contribution < -0.4 is 0 Å². The van der Waals surface area contributed by atoms with E-state index in [2.05, 4.69) is 4.90 Å². The van der Waals surface area contributed by atoms with Gasteiger partial charge in [0.25, 0.3) is 5.91 Å². The second-order valence-corrected chi connectivity index (χ2v) is 7.53. The first kappa shape index (κ1) is 19.3. The molecular weight excluding hydrogens is 366 g/mol. The Kier molecular flexibility index (Phi) is 5.71. The van der Waals surface area contributed by atoms with Gasteiger partial charge in [0.2, 0.25) is 11.8 Å². The molecule has 0 spiro atoms. The number of benzene rings is 2. The van der Waals surface area contributed by atoms with Gasteiger partial charge in [0.1, 0.15) is 0 Å². The summed E-state index contributed by atoms with van der Waals surface area (Å²) in [6.45, 7) is 2.76. The summed E-state index contributed by atoms with van der Waals surface area (Å²) >= 11 is 0. The Morgan fingerprint density at radius 2 is 1.48 bits per heavy atom. The lowest BCUT2D eigenvalue weighted by Gasteiger charge is -2.37. The Bertz CT molecular complexity index is 877. The summed E-state index contributed by atoms with van der Waals surface area (Å²) in [6, 6.07) is 18.7. The van der Waals surface area contributed by atoms with Crippen LogP contribution >= 0.6 is 0 Å². The summed E-state index contributed by atoms with van der Waals surface area (Å²) in [5.41, 5.74) is 1.80. The molecule has 0 aromatic heterocycles. The minimum Gasteiger partial charge on any atom is -0.336 e. The van der Waals surface area contributed by atoms with E-state index in [9.17, 15) is 14.4 Å². The van der Waals surface area contributed by atoms with Crippen molar-refractivity contribution in [3.8, 4) is 0 Å². The minimum atomic E-state index is -0.396. The molecule has 0 unspecified atom stereocenters. The van der Waals surface area contributed by atoms with Gasteiger partial charge in [-0.05, 0) is 24.1 Å². The molecule has 150 valence electrons. The fraction of sp³-hybridized carbons (Fsp3) is 0.348. The Morgan fingerprint density at radius 3 is 2.14 bits per heavy atom. The summed E-state index contributed by atoms with van der Waals surface area (Å²) in [7, 11) is 0. The largest absolute Gasteiger partial charge is 0.336 e. The van der Waals surface area contributed by atoms with Gasteiger partial charge >= 0.3 is 0 Å². The fourth-order valence-electron chi connectivity index (χ4n) is 4.07. The van der Waals surface area contributed by atoms with Crippen LogP contribution in [0.5, 0.6) is 0 Å². The van der Waals surface area contributed by atoms with E-state index >= 15 is 0 Å². The Labute approximate surface area is 170 Å². The summed E-state index contributed by atoms with van der Waals surface area (Å²) < 4.78 is 0. The molecule has 2 aromatic carbocycles. The molecular formula is C23H25N3O3. The van der Waals surface area contributed by atoms with Crippen LogP contribution in [0, 0.1) is 0 Å². The summed E-state index contributed by atoms with van der Waals surface area (Å²) in [6.07, 6.45) is 0.907. The molecule has 2 fully saturated rings. The van der Waals surface area contributed by atoms with Crippen molar-refractivity contribution < 1.29 is 14.4 Å². The number of carbonyl (C=O) groups excluding carboxylic acids is 3. The maximum atomic E-state index is 12.9. The van der Waals surface area contributed by atoms with E-state index in [0.717, 1.165) is 5.56 Å². The number of likely N-dealkylation sites (tertiary alicyclic amines) is 1. The molecule has 3 amide bonds. The molecule has 6 nitrogen and oxygen atoms in total. The van der Waals surface area contributed by atoms with E-state index in [-0.39, 0.29) is 24.1 Å². The number of nitrogens with zero attached hydrogens (tertiary/aromatic N) is 3. The monoisotopic (exact) mass is 391 g/mol. The van der Waals surface area contributed by atoms with Crippen molar-refractivity contribution >= 4 is 17.7 Å². The van der Waals surface area contributed by atoms with Crippen molar-refractivity contribution in [3.63, 3.8) is 0 Å². The molecule has 2 heterocycles. The Hall–Kier alpha value is -2.99. The van der Waals surface area contributed by atoms with Gasteiger partial charge in [-0.2, -0.15) is 0 Å². The number of rotatable bonds is 5. The third-order valence-corrected chi connectivity index (χ3v) is 5.75. The highest BCUT2D eigenvalue weighted by Crippen LogP contribution is 2.21. The average molecular weight is 391 g/mol. The fourth-order valence-corrected chi connectivity index (χ4v) is 4.07. The first-order chi connectivity index (χ1) is 14.1. The zero-order chi connectivity index (χ0) is 20.2. The van der Waals surface area contributed by atoms with Crippen LogP contribution in [0.15, 0.2) is 60.7 Å². The first-order valence-electron chi connectivity index (χ1n) is 10.1. The average Bonchev–Trinajstić information content (AvgIpc) is 3.06. The number of carbonyl (C=O) groups is 3. The maximum absolute atomic E-state index is 12.9. The van der Waals surface area contributed by atoms with Crippen LogP contribution in [-0.2, 0) is 16.0 Å². The lowest BCUT2D eigenvalue weighted by atomic mass is 10.1. The van der Waals surface area contributed by atoms with Gasteiger partial charge in [0, 0.05) is 38.3 Å². The molecule has 2 saturated heterocycles. The standard InChI is InChI=1S/C23H25N3O3/c27-21-17-20(23(29)26(21)12-11-18-7-3-1-4-8-18)24-13-15-25(16-14-24)22(28)19-9-5-2-6-10-19/h1-10,20H,11-17H2/t20-/m1/s1. The zero-order valence-corrected chi connectivity index (χ0v) is 16.4. The van der Waals surface area contributed by atoms with Crippen LogP contribution in [0.25, 0.3) is 0 Å². The molecule has 2 aliphatic heterocycles. The smallest absolute Gasteiger partial charge is 0.253 e. The van der Waals surface area contributed by atoms with Crippen molar-refractivity contribution in [2.45, 2.75) is 18.9 Å². The molecule has 0 bridgehead atoms. The third kappa shape index (κ3) is 4.22. The Morgan fingerprint density at radius 1 is 0.862 bits per heavy atom. The SMILES string of the molecule is O=C(c1ccccc1)N1CCN([C@@H]2CC(=O)N(CCc3ccccc3)C2=O)CC1. The van der Waals surface area contributed by atoms with Crippen molar-refractivity contribution in [1.29, 1.82) is 0 Å². The molecule has 6 heteroatoms. The highest BCUT2D eigenvalue weighted by Gasteiger charge is 2.42. The van der Waals surface area contributed by atoms with Gasteiger partial charge in [-0.25, -0.2) is 0 Å². The molecule has 0 aliphatic carbocycles. The highest BCUT2D eigenvalue weighted by atomic mass is 16.2. The predicted octanol–water partition coefficient (Wildman–Crippen LogP) is 1.81. The lowest BCUT2D eigenvalue weighted by molar-refractivity contribution is -0.139. The summed E-state index contributed by atoms with van der Waals surface area (Å²) in [5, 5.41) is 0. The molecule has 29 heavy (non-hydrogen) atoms. The zero-order valence-electron chi connectivity index (χ0n) is 16.4. The van der Waals surface area contributed by atoms with E-state index < -0.39 is 6.04 Å². The van der Waals surface area contributed by atoms with Crippen LogP contribution in [0.4, 0.5) is 0 Å². The number of hydrogen-bond acceptors (Lipinski definition) is 4. The number of hydrogen-bond donors (Lipinski definition) is 0. The minimum absolute atomic E-state index is 0.0172. The third-order valence-electron chi connectivity index (χ3n) is 5.75. The van der Waals surface area contributed by atoms with E-state index in [4.69, 9.17) is 0 Å². The molecule has 2 aliphatic rings. The molecule has 0 saturated carbocycles. The number of amides is 3. The van der Waals surface area contributed by atoms with Crippen molar-refractivity contribution in [1.82, 2.24) is 14.7 Å². The highest BCUT2D eigenvalue weighted by molar-refractivity contribution is 6.05. The van der Waals surface area contributed by atoms with Gasteiger partial charge in [-0.3, -0.25) is 24.2 Å². The van der Waals surface area contributed by atoms with Gasteiger partial charge in [-0.1, -0.05) is 48.5 Å². The second-order valence-electron chi connectivity index (χ2n) is 7.53. The molecule has 4 rings (SSSR count). The lowest BCUT2D eigenvalue weighted by Crippen LogP contribution is -2.53. The van der Waals surface area contributed by atoms with E-state index in [0.29, 0.717) is 44.7 Å². The topological polar surface area (TPSA) is 60.9 Å². The summed E-state index contributed by atoms with van der Waals surface area (Å²) in [5.74, 6) is -0.184. The quantitative estimate of drug-likeness (QED) is 0.730. The molecule has 1 atom stereocenters. The normalized spacial score (nSPS) is 20.3. The van der Waals surface area contributed by atoms with E-state index in [1.807, 2.05) is 65.6 Å². The van der Waals surface area contributed by atoms with E-state index in [1.54, 1.807) is 0 Å². The van der Waals surface area contributed by atoms with Crippen LogP contribution in [0.2, 0.25) is 0 Å². The van der Waals surface area contributed by atoms with Crippen molar-refractivity contribution in [3.05, 3.63) is 71.8 Å². The van der Waals surface area contributed by atoms with Gasteiger partial charge in [-0.15, -0.1) is 0 Å². The second kappa shape index (κ2) is 8.57. The summed E-state index contributed by atoms with van der Waals surface area (Å²) in [4.78, 5) is 43.2. The van der Waals surface area contributed by atoms with Gasteiger partial charge in [0.15, 0.2) is 0 Å². The van der Waals surface area contributed by atoms with Gasteiger partial charge < -0.3 is 4.90 Å². The van der Waals surface area contributed by atoms with Crippen LogP contribution in [0.1, 0.15) is 22.3 Å².